The maximum absolute atomic E-state index is 13.0. The number of rotatable bonds is 2. The first kappa shape index (κ1) is 11.3. The molecule has 0 radical (unpaired) electrons. The number of Topliss-reactive ketones (excluding diaryl/α,β-unsaturated/α-hetero) is 1. The molecule has 0 aromatic heterocycles. The van der Waals surface area contributed by atoms with Gasteiger partial charge in [0.2, 0.25) is 5.78 Å². The van der Waals surface area contributed by atoms with Crippen LogP contribution in [0.15, 0.2) is 12.1 Å². The van der Waals surface area contributed by atoms with Gasteiger partial charge in [-0.3, -0.25) is 4.79 Å². The van der Waals surface area contributed by atoms with Crippen LogP contribution in [0.2, 0.25) is 10.0 Å². The van der Waals surface area contributed by atoms with Gasteiger partial charge < -0.3 is 0 Å². The molecule has 76 valence electrons. The highest BCUT2D eigenvalue weighted by Gasteiger charge is 2.23. The Kier molecular flexibility index (Phi) is 3.39. The van der Waals surface area contributed by atoms with Crippen LogP contribution in [0, 0.1) is 5.82 Å². The zero-order chi connectivity index (χ0) is 10.9. The molecule has 0 heterocycles. The summed E-state index contributed by atoms with van der Waals surface area (Å²) in [5.74, 6) is -2.81. The van der Waals surface area contributed by atoms with E-state index in [1.807, 2.05) is 0 Å². The van der Waals surface area contributed by atoms with Gasteiger partial charge in [0.25, 0.3) is 0 Å². The smallest absolute Gasteiger partial charge is 0.288 e. The lowest BCUT2D eigenvalue weighted by atomic mass is 10.1. The molecule has 1 aromatic rings. The number of halogens is 5. The predicted octanol–water partition coefficient (Wildman–Crippen LogP) is 3.58. The lowest BCUT2D eigenvalue weighted by Gasteiger charge is -2.03. The highest BCUT2D eigenvalue weighted by molar-refractivity contribution is 6.35. The molecule has 0 atom stereocenters. The van der Waals surface area contributed by atoms with Crippen molar-refractivity contribution >= 4 is 29.0 Å². The van der Waals surface area contributed by atoms with Crippen molar-refractivity contribution in [2.45, 2.75) is 6.43 Å². The van der Waals surface area contributed by atoms with Crippen LogP contribution in [-0.4, -0.2) is 12.2 Å². The van der Waals surface area contributed by atoms with Crippen molar-refractivity contribution in [2.24, 2.45) is 0 Å². The Bertz CT molecular complexity index is 379. The molecule has 0 bridgehead atoms. The average molecular weight is 243 g/mol. The van der Waals surface area contributed by atoms with Crippen molar-refractivity contribution in [2.75, 3.05) is 0 Å². The summed E-state index contributed by atoms with van der Waals surface area (Å²) in [5, 5.41) is -0.526. The second kappa shape index (κ2) is 4.19. The Balaban J connectivity index is 3.27. The minimum Gasteiger partial charge on any atom is -0.288 e. The normalized spacial score (nSPS) is 10.7. The Morgan fingerprint density at radius 2 is 1.86 bits per heavy atom. The summed E-state index contributed by atoms with van der Waals surface area (Å²) in [5.41, 5.74) is -0.794. The fraction of sp³-hybridized carbons (Fsp3) is 0.125. The lowest BCUT2D eigenvalue weighted by Crippen LogP contribution is -2.12. The number of ketones is 1. The molecular weight excluding hydrogens is 240 g/mol. The molecule has 0 aliphatic carbocycles. The van der Waals surface area contributed by atoms with E-state index in [-0.39, 0.29) is 5.02 Å². The third-order valence-electron chi connectivity index (χ3n) is 1.46. The molecule has 0 aliphatic heterocycles. The molecule has 0 saturated heterocycles. The van der Waals surface area contributed by atoms with E-state index in [1.54, 1.807) is 0 Å². The number of benzene rings is 1. The van der Waals surface area contributed by atoms with E-state index in [1.165, 1.54) is 0 Å². The maximum atomic E-state index is 13.0. The van der Waals surface area contributed by atoms with Gasteiger partial charge in [0.05, 0.1) is 10.6 Å². The van der Waals surface area contributed by atoms with Crippen LogP contribution in [0.25, 0.3) is 0 Å². The van der Waals surface area contributed by atoms with Gasteiger partial charge in [-0.1, -0.05) is 23.2 Å². The summed E-state index contributed by atoms with van der Waals surface area (Å²) in [6.07, 6.45) is -3.28. The molecule has 0 saturated carbocycles. The van der Waals surface area contributed by atoms with Gasteiger partial charge >= 0.3 is 6.43 Å². The van der Waals surface area contributed by atoms with E-state index in [4.69, 9.17) is 23.2 Å². The summed E-state index contributed by atoms with van der Waals surface area (Å²) in [6, 6.07) is 1.85. The average Bonchev–Trinajstić information content (AvgIpc) is 2.09. The van der Waals surface area contributed by atoms with Crippen LogP contribution in [-0.2, 0) is 0 Å². The largest absolute Gasteiger partial charge is 0.300 e. The summed E-state index contributed by atoms with van der Waals surface area (Å²) in [6.45, 7) is 0. The van der Waals surface area contributed by atoms with Crippen molar-refractivity contribution in [3.05, 3.63) is 33.6 Å². The van der Waals surface area contributed by atoms with Gasteiger partial charge in [-0.05, 0) is 12.1 Å². The first-order chi connectivity index (χ1) is 6.43. The minimum atomic E-state index is -3.28. The van der Waals surface area contributed by atoms with E-state index in [0.29, 0.717) is 0 Å². The third kappa shape index (κ3) is 2.19. The monoisotopic (exact) mass is 242 g/mol. The van der Waals surface area contributed by atoms with Crippen molar-refractivity contribution in [3.63, 3.8) is 0 Å². The standard InChI is InChI=1S/C8H3Cl2F3O/c9-3-1-4(7(14)8(12)13)6(11)5(10)2-3/h1-2,8H. The number of carbonyl (C=O) groups excluding carboxylic acids is 1. The molecule has 6 heteroatoms. The second-order valence-electron chi connectivity index (χ2n) is 2.41. The van der Waals surface area contributed by atoms with Gasteiger partial charge in [-0.15, -0.1) is 0 Å². The van der Waals surface area contributed by atoms with E-state index in [0.717, 1.165) is 12.1 Å². The Labute approximate surface area is 87.4 Å². The Hall–Kier alpha value is -0.740. The molecule has 0 unspecified atom stereocenters. The van der Waals surface area contributed by atoms with Crippen molar-refractivity contribution in [3.8, 4) is 0 Å². The molecule has 14 heavy (non-hydrogen) atoms. The topological polar surface area (TPSA) is 17.1 Å². The number of alkyl halides is 2. The van der Waals surface area contributed by atoms with Crippen molar-refractivity contribution < 1.29 is 18.0 Å². The quantitative estimate of drug-likeness (QED) is 0.573. The molecule has 1 rings (SSSR count). The first-order valence-corrected chi connectivity index (χ1v) is 4.16. The maximum Gasteiger partial charge on any atom is 0.300 e. The van der Waals surface area contributed by atoms with Crippen molar-refractivity contribution in [1.29, 1.82) is 0 Å². The Morgan fingerprint density at radius 3 is 2.36 bits per heavy atom. The van der Waals surface area contributed by atoms with E-state index < -0.39 is 28.6 Å². The van der Waals surface area contributed by atoms with Crippen LogP contribution in [0.1, 0.15) is 10.4 Å². The second-order valence-corrected chi connectivity index (χ2v) is 3.26. The summed E-state index contributed by atoms with van der Waals surface area (Å²) >= 11 is 10.7. The van der Waals surface area contributed by atoms with Crippen LogP contribution in [0.4, 0.5) is 13.2 Å². The SMILES string of the molecule is O=C(c1cc(Cl)cc(Cl)c1F)C(F)F. The number of hydrogen-bond acceptors (Lipinski definition) is 1. The predicted molar refractivity (Wildman–Crippen MR) is 46.8 cm³/mol. The molecule has 1 nitrogen and oxygen atoms in total. The molecule has 0 aliphatic rings. The Morgan fingerprint density at radius 1 is 1.29 bits per heavy atom. The number of carbonyl (C=O) groups is 1. The van der Waals surface area contributed by atoms with Gasteiger partial charge in [0, 0.05) is 5.02 Å². The fourth-order valence-electron chi connectivity index (χ4n) is 0.853. The number of hydrogen-bond donors (Lipinski definition) is 0. The van der Waals surface area contributed by atoms with Crippen LogP contribution < -0.4 is 0 Å². The van der Waals surface area contributed by atoms with Gasteiger partial charge in [0.15, 0.2) is 5.82 Å². The van der Waals surface area contributed by atoms with Crippen LogP contribution >= 0.6 is 23.2 Å². The van der Waals surface area contributed by atoms with Crippen LogP contribution in [0.3, 0.4) is 0 Å². The first-order valence-electron chi connectivity index (χ1n) is 3.40. The van der Waals surface area contributed by atoms with Gasteiger partial charge in [-0.25, -0.2) is 13.2 Å². The van der Waals surface area contributed by atoms with E-state index in [2.05, 4.69) is 0 Å². The highest BCUT2D eigenvalue weighted by atomic mass is 35.5. The summed E-state index contributed by atoms with van der Waals surface area (Å²) < 4.78 is 37.0. The zero-order valence-electron chi connectivity index (χ0n) is 6.53. The molecule has 0 amide bonds. The summed E-state index contributed by atoms with van der Waals surface area (Å²) in [7, 11) is 0. The van der Waals surface area contributed by atoms with Crippen molar-refractivity contribution in [1.82, 2.24) is 0 Å². The van der Waals surface area contributed by atoms with Gasteiger partial charge in [0.1, 0.15) is 0 Å². The van der Waals surface area contributed by atoms with Crippen LogP contribution in [0.5, 0.6) is 0 Å². The molecular formula is C8H3Cl2F3O. The van der Waals surface area contributed by atoms with E-state index >= 15 is 0 Å². The summed E-state index contributed by atoms with van der Waals surface area (Å²) in [4.78, 5) is 10.8. The molecule has 0 N–H and O–H groups in total. The molecule has 0 fully saturated rings. The molecule has 1 aromatic carbocycles. The van der Waals surface area contributed by atoms with Gasteiger partial charge in [-0.2, -0.15) is 0 Å². The third-order valence-corrected chi connectivity index (χ3v) is 1.95. The highest BCUT2D eigenvalue weighted by Crippen LogP contribution is 2.25. The minimum absolute atomic E-state index is 0.0691. The van der Waals surface area contributed by atoms with E-state index in [9.17, 15) is 18.0 Å². The fourth-order valence-corrected chi connectivity index (χ4v) is 1.35. The zero-order valence-corrected chi connectivity index (χ0v) is 8.04. The molecule has 0 spiro atoms. The lowest BCUT2D eigenvalue weighted by molar-refractivity contribution is 0.0674.